The molecule has 0 bridgehead atoms. The molecule has 0 aliphatic rings. The molecule has 0 spiro atoms. The molecule has 5 heteroatoms. The van der Waals surface area contributed by atoms with Gasteiger partial charge in [0, 0.05) is 11.6 Å². The molecular formula is C10H7ClN2S2. The Labute approximate surface area is 99.8 Å². The number of hydrogen-bond donors (Lipinski definition) is 0. The van der Waals surface area contributed by atoms with Gasteiger partial charge in [0.15, 0.2) is 4.96 Å². The zero-order valence-electron chi connectivity index (χ0n) is 7.68. The summed E-state index contributed by atoms with van der Waals surface area (Å²) in [5.41, 5.74) is 2.13. The van der Waals surface area contributed by atoms with Crippen LogP contribution in [-0.2, 0) is 5.88 Å². The van der Waals surface area contributed by atoms with Crippen LogP contribution in [0.4, 0.5) is 0 Å². The lowest BCUT2D eigenvalue weighted by Crippen LogP contribution is -1.79. The Morgan fingerprint density at radius 1 is 1.40 bits per heavy atom. The van der Waals surface area contributed by atoms with Crippen molar-refractivity contribution in [1.82, 2.24) is 9.38 Å². The van der Waals surface area contributed by atoms with E-state index in [0.717, 1.165) is 10.7 Å². The third kappa shape index (κ3) is 1.49. The number of alkyl halides is 1. The molecule has 0 radical (unpaired) electrons. The summed E-state index contributed by atoms with van der Waals surface area (Å²) in [5, 5.41) is 4.21. The van der Waals surface area contributed by atoms with Gasteiger partial charge in [-0.15, -0.1) is 34.3 Å². The van der Waals surface area contributed by atoms with Crippen molar-refractivity contribution in [3.05, 3.63) is 34.8 Å². The first kappa shape index (κ1) is 9.39. The summed E-state index contributed by atoms with van der Waals surface area (Å²) in [6.07, 6.45) is 2.01. The van der Waals surface area contributed by atoms with Gasteiger partial charge < -0.3 is 0 Å². The summed E-state index contributed by atoms with van der Waals surface area (Å²) in [5.74, 6) is 0.471. The molecule has 15 heavy (non-hydrogen) atoms. The monoisotopic (exact) mass is 254 g/mol. The fourth-order valence-corrected chi connectivity index (χ4v) is 3.33. The minimum Gasteiger partial charge on any atom is -0.289 e. The van der Waals surface area contributed by atoms with Crippen LogP contribution in [0.25, 0.3) is 15.5 Å². The van der Waals surface area contributed by atoms with Crippen molar-refractivity contribution >= 4 is 39.2 Å². The van der Waals surface area contributed by atoms with Gasteiger partial charge in [0.1, 0.15) is 0 Å². The summed E-state index contributed by atoms with van der Waals surface area (Å²) in [4.78, 5) is 6.69. The molecule has 0 aliphatic heterocycles. The zero-order valence-corrected chi connectivity index (χ0v) is 10.1. The molecule has 0 saturated heterocycles. The van der Waals surface area contributed by atoms with E-state index in [0.29, 0.717) is 5.88 Å². The number of thiazole rings is 1. The summed E-state index contributed by atoms with van der Waals surface area (Å²) in [6.45, 7) is 0. The number of hydrogen-bond acceptors (Lipinski definition) is 3. The predicted molar refractivity (Wildman–Crippen MR) is 65.9 cm³/mol. The van der Waals surface area contributed by atoms with Crippen LogP contribution in [0, 0.1) is 0 Å². The summed E-state index contributed by atoms with van der Waals surface area (Å²) in [7, 11) is 0. The molecule has 0 amide bonds. The highest BCUT2D eigenvalue weighted by atomic mass is 35.5. The maximum Gasteiger partial charge on any atom is 0.194 e. The van der Waals surface area contributed by atoms with Crippen LogP contribution in [0.2, 0.25) is 0 Å². The van der Waals surface area contributed by atoms with Crippen molar-refractivity contribution in [3.8, 4) is 10.6 Å². The molecule has 0 saturated carbocycles. The first-order chi connectivity index (χ1) is 7.38. The largest absolute Gasteiger partial charge is 0.289 e. The first-order valence-corrected chi connectivity index (χ1v) is 6.73. The van der Waals surface area contributed by atoms with Crippen LogP contribution in [0.1, 0.15) is 5.69 Å². The highest BCUT2D eigenvalue weighted by Crippen LogP contribution is 2.29. The second-order valence-electron chi connectivity index (χ2n) is 3.12. The standard InChI is InChI=1S/C10H7ClN2S2/c11-4-7-5-13-8(6-15-10(13)12-7)9-2-1-3-14-9/h1-3,5-6H,4H2. The van der Waals surface area contributed by atoms with E-state index in [1.165, 1.54) is 10.6 Å². The summed E-state index contributed by atoms with van der Waals surface area (Å²) >= 11 is 9.15. The molecule has 3 rings (SSSR count). The molecule has 0 unspecified atom stereocenters. The van der Waals surface area contributed by atoms with E-state index in [-0.39, 0.29) is 0 Å². The van der Waals surface area contributed by atoms with Crippen LogP contribution < -0.4 is 0 Å². The molecule has 0 fully saturated rings. The van der Waals surface area contributed by atoms with E-state index in [9.17, 15) is 0 Å². The van der Waals surface area contributed by atoms with Gasteiger partial charge in [-0.2, -0.15) is 0 Å². The van der Waals surface area contributed by atoms with Gasteiger partial charge in [0.2, 0.25) is 0 Å². The molecule has 0 atom stereocenters. The van der Waals surface area contributed by atoms with Crippen LogP contribution in [0.3, 0.4) is 0 Å². The highest BCUT2D eigenvalue weighted by molar-refractivity contribution is 7.16. The highest BCUT2D eigenvalue weighted by Gasteiger charge is 2.09. The Kier molecular flexibility index (Phi) is 2.27. The Morgan fingerprint density at radius 3 is 3.07 bits per heavy atom. The molecular weight excluding hydrogens is 248 g/mol. The van der Waals surface area contributed by atoms with Crippen LogP contribution in [0.5, 0.6) is 0 Å². The maximum absolute atomic E-state index is 5.76. The number of thiophene rings is 1. The lowest BCUT2D eigenvalue weighted by atomic mass is 10.4. The smallest absolute Gasteiger partial charge is 0.194 e. The minimum absolute atomic E-state index is 0.471. The molecule has 2 nitrogen and oxygen atoms in total. The van der Waals surface area contributed by atoms with Gasteiger partial charge in [0.25, 0.3) is 0 Å². The first-order valence-electron chi connectivity index (χ1n) is 4.44. The molecule has 0 aliphatic carbocycles. The van der Waals surface area contributed by atoms with Crippen molar-refractivity contribution in [1.29, 1.82) is 0 Å². The Bertz CT molecular complexity index is 580. The van der Waals surface area contributed by atoms with E-state index in [1.807, 2.05) is 6.20 Å². The number of imidazole rings is 1. The van der Waals surface area contributed by atoms with Gasteiger partial charge >= 0.3 is 0 Å². The average Bonchev–Trinajstić information content (AvgIpc) is 2.92. The maximum atomic E-state index is 5.76. The fraction of sp³-hybridized carbons (Fsp3) is 0.100. The second kappa shape index (κ2) is 3.63. The lowest BCUT2D eigenvalue weighted by Gasteiger charge is -1.92. The molecule has 3 aromatic rings. The van der Waals surface area contributed by atoms with Crippen molar-refractivity contribution in [2.45, 2.75) is 5.88 Å². The Balaban J connectivity index is 2.23. The van der Waals surface area contributed by atoms with Crippen molar-refractivity contribution in [2.75, 3.05) is 0 Å². The Hall–Kier alpha value is -0.840. The van der Waals surface area contributed by atoms with Gasteiger partial charge in [-0.3, -0.25) is 4.40 Å². The topological polar surface area (TPSA) is 17.3 Å². The van der Waals surface area contributed by atoms with Crippen LogP contribution >= 0.6 is 34.3 Å². The molecule has 0 N–H and O–H groups in total. The molecule has 3 aromatic heterocycles. The van der Waals surface area contributed by atoms with Crippen LogP contribution in [0.15, 0.2) is 29.1 Å². The van der Waals surface area contributed by atoms with Crippen molar-refractivity contribution in [3.63, 3.8) is 0 Å². The summed E-state index contributed by atoms with van der Waals surface area (Å²) < 4.78 is 2.11. The minimum atomic E-state index is 0.471. The molecule has 0 aromatic carbocycles. The van der Waals surface area contributed by atoms with E-state index in [2.05, 4.69) is 32.3 Å². The number of nitrogens with zero attached hydrogens (tertiary/aromatic N) is 2. The fourth-order valence-electron chi connectivity index (χ4n) is 1.50. The van der Waals surface area contributed by atoms with Crippen molar-refractivity contribution in [2.24, 2.45) is 0 Å². The van der Waals surface area contributed by atoms with Gasteiger partial charge in [-0.25, -0.2) is 4.98 Å². The van der Waals surface area contributed by atoms with E-state index in [4.69, 9.17) is 11.6 Å². The number of aromatic nitrogens is 2. The Morgan fingerprint density at radius 2 is 2.33 bits per heavy atom. The van der Waals surface area contributed by atoms with Gasteiger partial charge in [-0.05, 0) is 11.4 Å². The zero-order chi connectivity index (χ0) is 10.3. The average molecular weight is 255 g/mol. The summed E-state index contributed by atoms with van der Waals surface area (Å²) in [6, 6.07) is 4.18. The number of halogens is 1. The quantitative estimate of drug-likeness (QED) is 0.635. The molecule has 76 valence electrons. The number of fused-ring (bicyclic) bond motifs is 1. The van der Waals surface area contributed by atoms with E-state index >= 15 is 0 Å². The van der Waals surface area contributed by atoms with Gasteiger partial charge in [0.05, 0.1) is 22.1 Å². The van der Waals surface area contributed by atoms with E-state index < -0.39 is 0 Å². The SMILES string of the molecule is ClCc1cn2c(-c3cccs3)csc2n1. The second-order valence-corrected chi connectivity index (χ2v) is 5.17. The predicted octanol–water partition coefficient (Wildman–Crippen LogP) is 3.86. The third-order valence-corrected chi connectivity index (χ3v) is 4.18. The lowest BCUT2D eigenvalue weighted by molar-refractivity contribution is 1.22. The number of rotatable bonds is 2. The third-order valence-electron chi connectivity index (χ3n) is 2.17. The van der Waals surface area contributed by atoms with Crippen LogP contribution in [-0.4, -0.2) is 9.38 Å². The van der Waals surface area contributed by atoms with Gasteiger partial charge in [-0.1, -0.05) is 6.07 Å². The molecule has 3 heterocycles. The van der Waals surface area contributed by atoms with Crippen molar-refractivity contribution < 1.29 is 0 Å². The van der Waals surface area contributed by atoms with E-state index in [1.54, 1.807) is 22.7 Å². The normalized spacial score (nSPS) is 11.3.